The molecule has 4 rings (SSSR count). The van der Waals surface area contributed by atoms with Gasteiger partial charge < -0.3 is 14.2 Å². The summed E-state index contributed by atoms with van der Waals surface area (Å²) in [6, 6.07) is 9.85. The molecule has 0 spiro atoms. The van der Waals surface area contributed by atoms with Crippen molar-refractivity contribution in [2.24, 2.45) is 0 Å². The van der Waals surface area contributed by atoms with Gasteiger partial charge in [-0.3, -0.25) is 9.69 Å². The van der Waals surface area contributed by atoms with E-state index in [4.69, 9.17) is 9.26 Å². The van der Waals surface area contributed by atoms with E-state index >= 15 is 0 Å². The Balaban J connectivity index is 1.37. The number of rotatable bonds is 6. The minimum absolute atomic E-state index is 0.0126. The van der Waals surface area contributed by atoms with Crippen molar-refractivity contribution < 1.29 is 27.2 Å². The van der Waals surface area contributed by atoms with Gasteiger partial charge in [0.25, 0.3) is 5.91 Å². The Morgan fingerprint density at radius 2 is 1.84 bits per heavy atom. The molecule has 1 aromatic heterocycles. The van der Waals surface area contributed by atoms with Crippen molar-refractivity contribution in [2.75, 3.05) is 26.2 Å². The average molecular weight is 445 g/mol. The summed E-state index contributed by atoms with van der Waals surface area (Å²) in [4.78, 5) is 16.6. The molecule has 0 saturated carbocycles. The molecule has 6 nitrogen and oxygen atoms in total. The summed E-state index contributed by atoms with van der Waals surface area (Å²) in [5.41, 5.74) is 0.945. The molecule has 9 heteroatoms. The van der Waals surface area contributed by atoms with Crippen molar-refractivity contribution in [3.05, 3.63) is 82.5 Å². The molecule has 1 aliphatic heterocycles. The summed E-state index contributed by atoms with van der Waals surface area (Å²) in [6.45, 7) is 3.79. The molecule has 1 fully saturated rings. The second kappa shape index (κ2) is 9.44. The van der Waals surface area contributed by atoms with E-state index in [9.17, 15) is 18.0 Å². The van der Waals surface area contributed by atoms with E-state index in [2.05, 4.69) is 5.16 Å². The predicted molar refractivity (Wildman–Crippen MR) is 110 cm³/mol. The van der Waals surface area contributed by atoms with Crippen LogP contribution in [-0.2, 0) is 13.2 Å². The van der Waals surface area contributed by atoms with Crippen molar-refractivity contribution in [1.29, 1.82) is 0 Å². The fourth-order valence-electron chi connectivity index (χ4n) is 3.61. The number of ether oxygens (including phenoxy) is 1. The van der Waals surface area contributed by atoms with Gasteiger partial charge in [-0.25, -0.2) is 13.2 Å². The van der Waals surface area contributed by atoms with Crippen molar-refractivity contribution in [3.63, 3.8) is 0 Å². The standard InChI is InChI=1S/C23H22F3N3O3/c1-15-19(14-31-18-6-3-5-17(24)12-18)22(27-32-15)23(30)29-10-8-28(9-11-29)13-16-4-2-7-20(25)21(16)26/h2-7,12H,8-11,13-14H2,1H3. The van der Waals surface area contributed by atoms with E-state index in [1.165, 1.54) is 24.3 Å². The van der Waals surface area contributed by atoms with Gasteiger partial charge in [-0.1, -0.05) is 23.4 Å². The summed E-state index contributed by atoms with van der Waals surface area (Å²) in [5.74, 6) is -1.64. The highest BCUT2D eigenvalue weighted by molar-refractivity contribution is 5.93. The number of nitrogens with zero attached hydrogens (tertiary/aromatic N) is 3. The van der Waals surface area contributed by atoms with Gasteiger partial charge in [0.2, 0.25) is 0 Å². The van der Waals surface area contributed by atoms with E-state index in [0.717, 1.165) is 6.07 Å². The normalized spacial score (nSPS) is 14.6. The Bertz CT molecular complexity index is 1110. The van der Waals surface area contributed by atoms with Gasteiger partial charge in [-0.2, -0.15) is 0 Å². The van der Waals surface area contributed by atoms with Crippen LogP contribution in [0.1, 0.15) is 27.4 Å². The average Bonchev–Trinajstić information content (AvgIpc) is 3.16. The fourth-order valence-corrected chi connectivity index (χ4v) is 3.61. The SMILES string of the molecule is Cc1onc(C(=O)N2CCN(Cc3cccc(F)c3F)CC2)c1COc1cccc(F)c1. The number of aromatic nitrogens is 1. The van der Waals surface area contributed by atoms with Crippen LogP contribution in [0.25, 0.3) is 0 Å². The maximum atomic E-state index is 13.9. The predicted octanol–water partition coefficient (Wildman–Crippen LogP) is 3.94. The highest BCUT2D eigenvalue weighted by atomic mass is 19.2. The maximum Gasteiger partial charge on any atom is 0.276 e. The monoisotopic (exact) mass is 445 g/mol. The third-order valence-corrected chi connectivity index (χ3v) is 5.45. The number of carbonyl (C=O) groups is 1. The van der Waals surface area contributed by atoms with E-state index < -0.39 is 17.5 Å². The molecule has 32 heavy (non-hydrogen) atoms. The first kappa shape index (κ1) is 21.9. The van der Waals surface area contributed by atoms with Crippen LogP contribution in [0, 0.1) is 24.4 Å². The highest BCUT2D eigenvalue weighted by Gasteiger charge is 2.28. The van der Waals surface area contributed by atoms with Crippen molar-refractivity contribution in [1.82, 2.24) is 15.0 Å². The van der Waals surface area contributed by atoms with Gasteiger partial charge in [-0.05, 0) is 25.1 Å². The Hall–Kier alpha value is -3.33. The van der Waals surface area contributed by atoms with Crippen LogP contribution in [0.15, 0.2) is 47.0 Å². The molecule has 0 radical (unpaired) electrons. The molecule has 3 aromatic rings. The lowest BCUT2D eigenvalue weighted by Gasteiger charge is -2.34. The van der Waals surface area contributed by atoms with Gasteiger partial charge >= 0.3 is 0 Å². The molecule has 168 valence electrons. The molecule has 1 amide bonds. The first-order chi connectivity index (χ1) is 15.4. The third-order valence-electron chi connectivity index (χ3n) is 5.45. The van der Waals surface area contributed by atoms with Gasteiger partial charge in [0, 0.05) is 44.4 Å². The first-order valence-electron chi connectivity index (χ1n) is 10.2. The Kier molecular flexibility index (Phi) is 6.45. The van der Waals surface area contributed by atoms with Crippen molar-refractivity contribution >= 4 is 5.91 Å². The summed E-state index contributed by atoms with van der Waals surface area (Å²) < 4.78 is 51.5. The topological polar surface area (TPSA) is 58.8 Å². The highest BCUT2D eigenvalue weighted by Crippen LogP contribution is 2.21. The van der Waals surface area contributed by atoms with Gasteiger partial charge in [0.1, 0.15) is 23.9 Å². The Labute approximate surface area is 183 Å². The molecule has 1 saturated heterocycles. The summed E-state index contributed by atoms with van der Waals surface area (Å²) >= 11 is 0. The Morgan fingerprint density at radius 1 is 1.09 bits per heavy atom. The quantitative estimate of drug-likeness (QED) is 0.575. The molecule has 2 aromatic carbocycles. The number of benzene rings is 2. The lowest BCUT2D eigenvalue weighted by Crippen LogP contribution is -2.48. The number of carbonyl (C=O) groups excluding carboxylic acids is 1. The molecule has 2 heterocycles. The number of halogens is 3. The largest absolute Gasteiger partial charge is 0.489 e. The van der Waals surface area contributed by atoms with Crippen LogP contribution in [0.5, 0.6) is 5.75 Å². The van der Waals surface area contributed by atoms with Gasteiger partial charge in [-0.15, -0.1) is 0 Å². The van der Waals surface area contributed by atoms with Crippen LogP contribution in [0.2, 0.25) is 0 Å². The number of aryl methyl sites for hydroxylation is 1. The van der Waals surface area contributed by atoms with Gasteiger partial charge in [0.05, 0.1) is 5.56 Å². The molecule has 1 aliphatic rings. The summed E-state index contributed by atoms with van der Waals surface area (Å²) in [7, 11) is 0. The van der Waals surface area contributed by atoms with Crippen LogP contribution < -0.4 is 4.74 Å². The zero-order valence-corrected chi connectivity index (χ0v) is 17.5. The van der Waals surface area contributed by atoms with E-state index in [0.29, 0.717) is 43.3 Å². The zero-order chi connectivity index (χ0) is 22.7. The third kappa shape index (κ3) is 4.77. The summed E-state index contributed by atoms with van der Waals surface area (Å²) in [5, 5.41) is 3.90. The second-order valence-corrected chi connectivity index (χ2v) is 7.59. The summed E-state index contributed by atoms with van der Waals surface area (Å²) in [6.07, 6.45) is 0. The maximum absolute atomic E-state index is 13.9. The lowest BCUT2D eigenvalue weighted by molar-refractivity contribution is 0.0614. The van der Waals surface area contributed by atoms with Crippen molar-refractivity contribution in [3.8, 4) is 5.75 Å². The second-order valence-electron chi connectivity index (χ2n) is 7.59. The molecule has 0 atom stereocenters. The molecule has 0 unspecified atom stereocenters. The fraction of sp³-hybridized carbons (Fsp3) is 0.304. The molecular weight excluding hydrogens is 423 g/mol. The van der Waals surface area contributed by atoms with Crippen LogP contribution in [0.3, 0.4) is 0 Å². The van der Waals surface area contributed by atoms with E-state index in [1.54, 1.807) is 24.0 Å². The van der Waals surface area contributed by atoms with E-state index in [-0.39, 0.29) is 30.3 Å². The minimum atomic E-state index is -0.870. The number of piperazine rings is 1. The first-order valence-corrected chi connectivity index (χ1v) is 10.2. The Morgan fingerprint density at radius 3 is 2.59 bits per heavy atom. The smallest absolute Gasteiger partial charge is 0.276 e. The molecule has 0 aliphatic carbocycles. The minimum Gasteiger partial charge on any atom is -0.489 e. The zero-order valence-electron chi connectivity index (χ0n) is 17.5. The van der Waals surface area contributed by atoms with Crippen LogP contribution in [0.4, 0.5) is 13.2 Å². The molecule has 0 bridgehead atoms. The number of hydrogen-bond acceptors (Lipinski definition) is 5. The molecule has 0 N–H and O–H groups in total. The lowest BCUT2D eigenvalue weighted by atomic mass is 10.1. The molecular formula is C23H22F3N3O3. The van der Waals surface area contributed by atoms with Gasteiger partial charge in [0.15, 0.2) is 17.3 Å². The number of amides is 1. The van der Waals surface area contributed by atoms with Crippen LogP contribution >= 0.6 is 0 Å². The van der Waals surface area contributed by atoms with Crippen molar-refractivity contribution in [2.45, 2.75) is 20.1 Å². The van der Waals surface area contributed by atoms with Crippen LogP contribution in [-0.4, -0.2) is 47.0 Å². The number of hydrogen-bond donors (Lipinski definition) is 0. The van der Waals surface area contributed by atoms with E-state index in [1.807, 2.05) is 4.90 Å².